The number of thiophene rings is 1. The Bertz CT molecular complexity index is 802. The minimum atomic E-state index is -4.60. The predicted octanol–water partition coefficient (Wildman–Crippen LogP) is 2.92. The van der Waals surface area contributed by atoms with Crippen molar-refractivity contribution in [3.63, 3.8) is 0 Å². The summed E-state index contributed by atoms with van der Waals surface area (Å²) in [5.74, 6) is -1.83. The largest absolute Gasteiger partial charge is 0.452 e. The second-order valence-corrected chi connectivity index (χ2v) is 7.41. The van der Waals surface area contributed by atoms with E-state index >= 15 is 0 Å². The third-order valence-electron chi connectivity index (χ3n) is 4.50. The fourth-order valence-electron chi connectivity index (χ4n) is 3.09. The predicted molar refractivity (Wildman–Crippen MR) is 88.0 cm³/mol. The highest BCUT2D eigenvalue weighted by atomic mass is 32.1. The molecule has 2 aromatic rings. The van der Waals surface area contributed by atoms with Gasteiger partial charge in [0.05, 0.1) is 10.8 Å². The highest BCUT2D eigenvalue weighted by molar-refractivity contribution is 7.15. The molecule has 3 heterocycles. The van der Waals surface area contributed by atoms with Gasteiger partial charge < -0.3 is 15.4 Å². The molecule has 10 heteroatoms. The van der Waals surface area contributed by atoms with Gasteiger partial charge in [0.1, 0.15) is 11.9 Å². The molecule has 1 saturated heterocycles. The third kappa shape index (κ3) is 3.62. The molecule has 0 saturated carbocycles. The molecule has 26 heavy (non-hydrogen) atoms. The van der Waals surface area contributed by atoms with Gasteiger partial charge in [-0.3, -0.25) is 9.69 Å². The van der Waals surface area contributed by atoms with Crippen LogP contribution in [0.1, 0.15) is 35.3 Å². The number of hydrogen-bond acceptors (Lipinski definition) is 6. The van der Waals surface area contributed by atoms with Crippen molar-refractivity contribution in [3.05, 3.63) is 28.3 Å². The Kier molecular flexibility index (Phi) is 5.09. The Balaban J connectivity index is 1.80. The Labute approximate surface area is 151 Å². The molecule has 0 aromatic carbocycles. The Morgan fingerprint density at radius 2 is 2.23 bits per heavy atom. The molecule has 0 aliphatic carbocycles. The van der Waals surface area contributed by atoms with Crippen molar-refractivity contribution in [2.24, 2.45) is 11.7 Å². The maximum absolute atomic E-state index is 12.8. The van der Waals surface area contributed by atoms with Gasteiger partial charge in [0.2, 0.25) is 11.7 Å². The van der Waals surface area contributed by atoms with Crippen LogP contribution in [0.5, 0.6) is 0 Å². The number of rotatable bonds is 4. The van der Waals surface area contributed by atoms with Crippen molar-refractivity contribution >= 4 is 17.2 Å². The van der Waals surface area contributed by atoms with E-state index in [2.05, 4.69) is 9.68 Å². The van der Waals surface area contributed by atoms with Crippen LogP contribution in [0.4, 0.5) is 13.2 Å². The van der Waals surface area contributed by atoms with E-state index in [4.69, 9.17) is 5.73 Å². The molecular formula is C16H18F3N3O3S. The molecule has 0 radical (unpaired) electrons. The number of aliphatic hydroxyl groups excluding tert-OH is 1. The summed E-state index contributed by atoms with van der Waals surface area (Å²) in [6, 6.07) is 3.24. The maximum atomic E-state index is 12.8. The van der Waals surface area contributed by atoms with Gasteiger partial charge in [0.25, 0.3) is 0 Å². The van der Waals surface area contributed by atoms with Gasteiger partial charge in [-0.25, -0.2) is 0 Å². The van der Waals surface area contributed by atoms with E-state index in [0.717, 1.165) is 17.8 Å². The molecule has 6 nitrogen and oxygen atoms in total. The van der Waals surface area contributed by atoms with Crippen LogP contribution in [-0.2, 0) is 11.0 Å². The van der Waals surface area contributed by atoms with Crippen LogP contribution in [-0.4, -0.2) is 34.2 Å². The summed E-state index contributed by atoms with van der Waals surface area (Å²) < 4.78 is 43.0. The normalized spacial score (nSPS) is 20.3. The first-order chi connectivity index (χ1) is 12.2. The fraction of sp³-hybridized carbons (Fsp3) is 0.500. The van der Waals surface area contributed by atoms with Gasteiger partial charge in [-0.05, 0) is 31.9 Å². The molecular weight excluding hydrogens is 371 g/mol. The monoisotopic (exact) mass is 389 g/mol. The van der Waals surface area contributed by atoms with Crippen LogP contribution in [0.2, 0.25) is 0 Å². The first-order valence-corrected chi connectivity index (χ1v) is 8.85. The second-order valence-electron chi connectivity index (χ2n) is 6.30. The van der Waals surface area contributed by atoms with Crippen molar-refractivity contribution in [2.45, 2.75) is 32.2 Å². The van der Waals surface area contributed by atoms with Crippen LogP contribution in [0.15, 0.2) is 16.7 Å². The average molecular weight is 389 g/mol. The van der Waals surface area contributed by atoms with Crippen molar-refractivity contribution in [1.82, 2.24) is 10.1 Å². The van der Waals surface area contributed by atoms with Crippen LogP contribution in [0, 0.1) is 12.8 Å². The fourth-order valence-corrected chi connectivity index (χ4v) is 4.16. The lowest BCUT2D eigenvalue weighted by atomic mass is 9.97. The number of alkyl halides is 3. The van der Waals surface area contributed by atoms with E-state index < -0.39 is 24.1 Å². The molecule has 0 spiro atoms. The molecule has 1 aliphatic rings. The first-order valence-electron chi connectivity index (χ1n) is 8.03. The highest BCUT2D eigenvalue weighted by Gasteiger charge is 2.39. The Hall–Kier alpha value is -1.91. The zero-order valence-corrected chi connectivity index (χ0v) is 14.7. The molecule has 3 rings (SSSR count). The lowest BCUT2D eigenvalue weighted by Crippen LogP contribution is -2.42. The Morgan fingerprint density at radius 3 is 2.85 bits per heavy atom. The van der Waals surface area contributed by atoms with Crippen LogP contribution in [0.25, 0.3) is 10.6 Å². The summed E-state index contributed by atoms with van der Waals surface area (Å²) in [6.07, 6.45) is -4.13. The molecule has 2 atom stereocenters. The van der Waals surface area contributed by atoms with Crippen molar-refractivity contribution in [2.75, 3.05) is 13.1 Å². The van der Waals surface area contributed by atoms with Gasteiger partial charge in [-0.1, -0.05) is 5.16 Å². The number of likely N-dealkylation sites (tertiary alicyclic amines) is 1. The van der Waals surface area contributed by atoms with E-state index in [1.54, 1.807) is 17.0 Å². The quantitative estimate of drug-likeness (QED) is 0.839. The molecule has 3 N–H and O–H groups in total. The summed E-state index contributed by atoms with van der Waals surface area (Å²) in [7, 11) is 0. The van der Waals surface area contributed by atoms with Gasteiger partial charge in [0, 0.05) is 23.5 Å². The van der Waals surface area contributed by atoms with Crippen LogP contribution < -0.4 is 5.73 Å². The number of piperidine rings is 1. The zero-order valence-electron chi connectivity index (χ0n) is 13.9. The van der Waals surface area contributed by atoms with E-state index in [1.807, 2.05) is 0 Å². The van der Waals surface area contributed by atoms with Crippen molar-refractivity contribution in [1.29, 1.82) is 0 Å². The number of carbonyl (C=O) groups is 1. The number of aliphatic hydroxyl groups is 1. The topological polar surface area (TPSA) is 92.6 Å². The molecule has 1 amide bonds. The number of hydrogen-bond donors (Lipinski definition) is 2. The molecule has 2 unspecified atom stereocenters. The molecule has 1 aliphatic heterocycles. The number of nitrogens with two attached hydrogens (primary N) is 1. The SMILES string of the molecule is Cc1c(-c2ccc(C(O)N3CCCC(C(N)=O)C3)s2)noc1C(F)(F)F. The highest BCUT2D eigenvalue weighted by Crippen LogP contribution is 2.39. The van der Waals surface area contributed by atoms with Gasteiger partial charge in [-0.15, -0.1) is 11.3 Å². The van der Waals surface area contributed by atoms with Crippen molar-refractivity contribution in [3.8, 4) is 10.6 Å². The van der Waals surface area contributed by atoms with E-state index in [-0.39, 0.29) is 17.2 Å². The average Bonchev–Trinajstić information content (AvgIpc) is 3.20. The summed E-state index contributed by atoms with van der Waals surface area (Å²) in [5.41, 5.74) is 5.36. The van der Waals surface area contributed by atoms with Crippen LogP contribution >= 0.6 is 11.3 Å². The third-order valence-corrected chi connectivity index (χ3v) is 5.63. The summed E-state index contributed by atoms with van der Waals surface area (Å²) >= 11 is 1.14. The number of primary amides is 1. The summed E-state index contributed by atoms with van der Waals surface area (Å²) in [4.78, 5) is 14.1. The molecule has 2 aromatic heterocycles. The van der Waals surface area contributed by atoms with Crippen molar-refractivity contribution < 1.29 is 27.6 Å². The lowest BCUT2D eigenvalue weighted by molar-refractivity contribution is -0.156. The van der Waals surface area contributed by atoms with Gasteiger partial charge in [-0.2, -0.15) is 13.2 Å². The first kappa shape index (κ1) is 18.9. The van der Waals surface area contributed by atoms with E-state index in [0.29, 0.717) is 29.3 Å². The summed E-state index contributed by atoms with van der Waals surface area (Å²) in [6.45, 7) is 2.26. The lowest BCUT2D eigenvalue weighted by Gasteiger charge is -2.34. The minimum absolute atomic E-state index is 0.0906. The molecule has 142 valence electrons. The number of amides is 1. The molecule has 0 bridgehead atoms. The van der Waals surface area contributed by atoms with E-state index in [1.165, 1.54) is 6.92 Å². The van der Waals surface area contributed by atoms with Gasteiger partial charge in [0.15, 0.2) is 0 Å². The maximum Gasteiger partial charge on any atom is 0.452 e. The van der Waals surface area contributed by atoms with E-state index in [9.17, 15) is 23.1 Å². The number of aromatic nitrogens is 1. The van der Waals surface area contributed by atoms with Gasteiger partial charge >= 0.3 is 6.18 Å². The second kappa shape index (κ2) is 7.01. The number of carbonyl (C=O) groups excluding carboxylic acids is 1. The minimum Gasteiger partial charge on any atom is -0.373 e. The smallest absolute Gasteiger partial charge is 0.373 e. The zero-order chi connectivity index (χ0) is 19.1. The number of nitrogens with zero attached hydrogens (tertiary/aromatic N) is 2. The standard InChI is InChI=1S/C16H18F3N3O3S/c1-8-12(21-25-13(8)16(17,18)19)10-4-5-11(26-10)15(24)22-6-2-3-9(7-22)14(20)23/h4-5,9,15,24H,2-3,6-7H2,1H3,(H2,20,23). The number of halogens is 3. The Morgan fingerprint density at radius 1 is 1.50 bits per heavy atom. The molecule has 1 fully saturated rings. The van der Waals surface area contributed by atoms with Crippen LogP contribution in [0.3, 0.4) is 0 Å². The summed E-state index contributed by atoms with van der Waals surface area (Å²) in [5, 5.41) is 14.1.